The van der Waals surface area contributed by atoms with Gasteiger partial charge in [0.2, 0.25) is 0 Å². The van der Waals surface area contributed by atoms with Gasteiger partial charge in [0.05, 0.1) is 13.2 Å². The molecule has 1 aliphatic rings. The Bertz CT molecular complexity index is 63.1. The first-order valence-corrected chi connectivity index (χ1v) is 2.60. The van der Waals surface area contributed by atoms with Gasteiger partial charge in [-0.05, 0) is 0 Å². The van der Waals surface area contributed by atoms with E-state index in [-0.39, 0.29) is 0 Å². The molecule has 1 rings (SSSR count). The molecule has 1 saturated heterocycles. The average Bonchev–Trinajstić information content (AvgIpc) is 2.19. The fourth-order valence-electron chi connectivity index (χ4n) is 0.656. The molecule has 0 aromatic carbocycles. The Kier molecular flexibility index (Phi) is 2.23. The molecule has 0 spiro atoms. The number of nitrogens with two attached hydrogens (primary N) is 1. The third kappa shape index (κ3) is 1.41. The van der Waals surface area contributed by atoms with Crippen molar-refractivity contribution in [2.24, 2.45) is 11.8 Å². The molecular formula is C4H10N2O2. The first-order chi connectivity index (χ1) is 3.93. The lowest BCUT2D eigenvalue weighted by Gasteiger charge is -2.00. The molecule has 0 unspecified atom stereocenters. The van der Waals surface area contributed by atoms with Crippen LogP contribution in [-0.4, -0.2) is 19.8 Å². The van der Waals surface area contributed by atoms with Crippen molar-refractivity contribution >= 4 is 0 Å². The van der Waals surface area contributed by atoms with Crippen LogP contribution in [0.1, 0.15) is 0 Å². The third-order valence-electron chi connectivity index (χ3n) is 1.13. The number of hydroxylamine groups is 1. The van der Waals surface area contributed by atoms with E-state index in [0.29, 0.717) is 19.1 Å². The van der Waals surface area contributed by atoms with E-state index in [9.17, 15) is 0 Å². The summed E-state index contributed by atoms with van der Waals surface area (Å²) in [6.07, 6.45) is 0. The number of nitrogens with one attached hydrogen (secondary N) is 1. The fraction of sp³-hybridized carbons (Fsp3) is 1.00. The van der Waals surface area contributed by atoms with Crippen LogP contribution < -0.4 is 11.4 Å². The summed E-state index contributed by atoms with van der Waals surface area (Å²) in [5, 5.41) is 0. The number of hydrogen-bond acceptors (Lipinski definition) is 4. The molecule has 4 nitrogen and oxygen atoms in total. The van der Waals surface area contributed by atoms with Gasteiger partial charge < -0.3 is 9.68 Å². The van der Waals surface area contributed by atoms with E-state index in [1.54, 1.807) is 0 Å². The topological polar surface area (TPSA) is 56.5 Å². The maximum absolute atomic E-state index is 4.82. The highest BCUT2D eigenvalue weighted by molar-refractivity contribution is 4.61. The van der Waals surface area contributed by atoms with Crippen LogP contribution in [0.3, 0.4) is 0 Å². The molecule has 0 aromatic rings. The van der Waals surface area contributed by atoms with Gasteiger partial charge in [0.25, 0.3) is 0 Å². The van der Waals surface area contributed by atoms with Crippen molar-refractivity contribution in [1.82, 2.24) is 5.48 Å². The molecule has 1 aliphatic heterocycles. The standard InChI is InChI=1S/C4H10N2O2/c5-7-2-4-1-6-8-3-4/h4,6H,1-3,5H2/t4-/m0/s1. The summed E-state index contributed by atoms with van der Waals surface area (Å²) in [7, 11) is 0. The summed E-state index contributed by atoms with van der Waals surface area (Å²) in [6, 6.07) is 0. The van der Waals surface area contributed by atoms with Crippen LogP contribution >= 0.6 is 0 Å². The average molecular weight is 118 g/mol. The molecule has 0 amide bonds. The Morgan fingerprint density at radius 2 is 2.75 bits per heavy atom. The minimum atomic E-state index is 0.431. The van der Waals surface area contributed by atoms with Gasteiger partial charge in [-0.15, -0.1) is 0 Å². The monoisotopic (exact) mass is 118 g/mol. The maximum atomic E-state index is 4.82. The lowest BCUT2D eigenvalue weighted by molar-refractivity contribution is 0.0726. The molecule has 1 fully saturated rings. The van der Waals surface area contributed by atoms with E-state index in [4.69, 9.17) is 10.7 Å². The molecule has 1 heterocycles. The Hall–Kier alpha value is -0.160. The smallest absolute Gasteiger partial charge is 0.0746 e. The largest absolute Gasteiger partial charge is 0.304 e. The molecule has 0 saturated carbocycles. The van der Waals surface area contributed by atoms with Crippen molar-refractivity contribution in [3.05, 3.63) is 0 Å². The molecule has 3 N–H and O–H groups in total. The zero-order valence-electron chi connectivity index (χ0n) is 4.59. The zero-order chi connectivity index (χ0) is 5.82. The number of hydrogen-bond donors (Lipinski definition) is 2. The van der Waals surface area contributed by atoms with Gasteiger partial charge in [0.15, 0.2) is 0 Å². The third-order valence-corrected chi connectivity index (χ3v) is 1.13. The van der Waals surface area contributed by atoms with Crippen molar-refractivity contribution in [1.29, 1.82) is 0 Å². The van der Waals surface area contributed by atoms with Gasteiger partial charge in [-0.3, -0.25) is 0 Å². The molecule has 4 heteroatoms. The van der Waals surface area contributed by atoms with Crippen molar-refractivity contribution in [3.63, 3.8) is 0 Å². The first-order valence-electron chi connectivity index (χ1n) is 2.60. The van der Waals surface area contributed by atoms with Crippen LogP contribution in [0.2, 0.25) is 0 Å². The molecule has 0 aromatic heterocycles. The van der Waals surface area contributed by atoms with Crippen molar-refractivity contribution in [2.75, 3.05) is 19.8 Å². The van der Waals surface area contributed by atoms with Gasteiger partial charge in [-0.1, -0.05) is 0 Å². The van der Waals surface area contributed by atoms with Crippen LogP contribution in [0.25, 0.3) is 0 Å². The molecular weight excluding hydrogens is 108 g/mol. The Balaban J connectivity index is 2.06. The van der Waals surface area contributed by atoms with Crippen LogP contribution in [-0.2, 0) is 9.68 Å². The van der Waals surface area contributed by atoms with E-state index < -0.39 is 0 Å². The second kappa shape index (κ2) is 2.99. The van der Waals surface area contributed by atoms with Gasteiger partial charge >= 0.3 is 0 Å². The van der Waals surface area contributed by atoms with Gasteiger partial charge in [-0.2, -0.15) is 0 Å². The Morgan fingerprint density at radius 3 is 3.25 bits per heavy atom. The summed E-state index contributed by atoms with van der Waals surface area (Å²) in [6.45, 7) is 2.13. The van der Waals surface area contributed by atoms with E-state index in [1.807, 2.05) is 0 Å². The van der Waals surface area contributed by atoms with Gasteiger partial charge in [-0.25, -0.2) is 11.4 Å². The van der Waals surface area contributed by atoms with E-state index in [1.165, 1.54) is 0 Å². The lowest BCUT2D eigenvalue weighted by atomic mass is 10.2. The van der Waals surface area contributed by atoms with Crippen LogP contribution in [0.5, 0.6) is 0 Å². The Morgan fingerprint density at radius 1 is 1.88 bits per heavy atom. The second-order valence-electron chi connectivity index (χ2n) is 1.86. The van der Waals surface area contributed by atoms with E-state index >= 15 is 0 Å². The quantitative estimate of drug-likeness (QED) is 0.458. The summed E-state index contributed by atoms with van der Waals surface area (Å²) in [5.74, 6) is 5.26. The molecule has 48 valence electrons. The molecule has 8 heavy (non-hydrogen) atoms. The summed E-state index contributed by atoms with van der Waals surface area (Å²) >= 11 is 0. The first kappa shape index (κ1) is 5.97. The van der Waals surface area contributed by atoms with Crippen LogP contribution in [0, 0.1) is 5.92 Å². The molecule has 0 radical (unpaired) electrons. The highest BCUT2D eigenvalue weighted by atomic mass is 16.7. The lowest BCUT2D eigenvalue weighted by Crippen LogP contribution is -2.17. The highest BCUT2D eigenvalue weighted by Gasteiger charge is 2.14. The van der Waals surface area contributed by atoms with Gasteiger partial charge in [0, 0.05) is 12.5 Å². The maximum Gasteiger partial charge on any atom is 0.0746 e. The minimum Gasteiger partial charge on any atom is -0.304 e. The van der Waals surface area contributed by atoms with Crippen LogP contribution in [0.4, 0.5) is 0 Å². The Labute approximate surface area is 47.9 Å². The summed E-state index contributed by atoms with van der Waals surface area (Å²) < 4.78 is 0. The highest BCUT2D eigenvalue weighted by Crippen LogP contribution is 2.00. The fourth-order valence-corrected chi connectivity index (χ4v) is 0.656. The van der Waals surface area contributed by atoms with E-state index in [0.717, 1.165) is 6.54 Å². The molecule has 0 bridgehead atoms. The van der Waals surface area contributed by atoms with Crippen LogP contribution in [0.15, 0.2) is 0 Å². The van der Waals surface area contributed by atoms with Gasteiger partial charge in [0.1, 0.15) is 0 Å². The SMILES string of the molecule is NOC[C@@H]1CNOC1. The second-order valence-corrected chi connectivity index (χ2v) is 1.86. The zero-order valence-corrected chi connectivity index (χ0v) is 4.59. The van der Waals surface area contributed by atoms with Crippen molar-refractivity contribution in [2.45, 2.75) is 0 Å². The predicted molar refractivity (Wildman–Crippen MR) is 27.6 cm³/mol. The predicted octanol–water partition coefficient (Wildman–Crippen LogP) is -0.972. The summed E-state index contributed by atoms with van der Waals surface area (Å²) in [4.78, 5) is 9.23. The molecule has 1 atom stereocenters. The van der Waals surface area contributed by atoms with Crippen molar-refractivity contribution < 1.29 is 9.68 Å². The minimum absolute atomic E-state index is 0.431. The molecule has 0 aliphatic carbocycles. The summed E-state index contributed by atoms with van der Waals surface area (Å²) in [5.41, 5.74) is 2.72. The number of rotatable bonds is 2. The van der Waals surface area contributed by atoms with Crippen molar-refractivity contribution in [3.8, 4) is 0 Å². The van der Waals surface area contributed by atoms with E-state index in [2.05, 4.69) is 10.3 Å². The normalized spacial score (nSPS) is 28.9.